The van der Waals surface area contributed by atoms with Gasteiger partial charge in [-0.15, -0.1) is 0 Å². The molecule has 2 aromatic heterocycles. The van der Waals surface area contributed by atoms with E-state index in [4.69, 9.17) is 0 Å². The van der Waals surface area contributed by atoms with Crippen LogP contribution >= 0.6 is 0 Å². The van der Waals surface area contributed by atoms with Crippen molar-refractivity contribution in [2.75, 3.05) is 0 Å². The van der Waals surface area contributed by atoms with Gasteiger partial charge >= 0.3 is 6.18 Å². The van der Waals surface area contributed by atoms with E-state index in [0.717, 1.165) is 47.8 Å². The van der Waals surface area contributed by atoms with Crippen LogP contribution in [0, 0.1) is 11.8 Å². The third kappa shape index (κ3) is 4.14. The minimum absolute atomic E-state index is 0.389. The lowest BCUT2D eigenvalue weighted by molar-refractivity contribution is -0.137. The first-order valence-corrected chi connectivity index (χ1v) is 8.20. The van der Waals surface area contributed by atoms with E-state index < -0.39 is 11.7 Å². The molecule has 7 heteroatoms. The lowest BCUT2D eigenvalue weighted by Crippen LogP contribution is -2.04. The lowest BCUT2D eigenvalue weighted by Gasteiger charge is -2.05. The van der Waals surface area contributed by atoms with Gasteiger partial charge in [0.2, 0.25) is 0 Å². The number of alkyl halides is 3. The summed E-state index contributed by atoms with van der Waals surface area (Å²) in [5.74, 6) is 6.56. The average Bonchev–Trinajstić information content (AvgIpc) is 3.24. The molecule has 0 aliphatic carbocycles. The van der Waals surface area contributed by atoms with Crippen molar-refractivity contribution in [2.45, 2.75) is 32.4 Å². The Balaban J connectivity index is 1.72. The second-order valence-electron chi connectivity index (χ2n) is 5.82. The van der Waals surface area contributed by atoms with Gasteiger partial charge in [-0.05, 0) is 30.7 Å². The average molecular weight is 358 g/mol. The minimum Gasteiger partial charge on any atom is -0.342 e. The van der Waals surface area contributed by atoms with E-state index in [0.29, 0.717) is 12.0 Å². The van der Waals surface area contributed by atoms with Crippen LogP contribution in [0.15, 0.2) is 36.7 Å². The van der Waals surface area contributed by atoms with Crippen molar-refractivity contribution in [2.24, 2.45) is 0 Å². The molecule has 26 heavy (non-hydrogen) atoms. The van der Waals surface area contributed by atoms with E-state index in [2.05, 4.69) is 38.9 Å². The maximum atomic E-state index is 12.6. The van der Waals surface area contributed by atoms with Crippen LogP contribution in [0.1, 0.15) is 35.9 Å². The Bertz CT molecular complexity index is 924. The molecule has 0 fully saturated rings. The van der Waals surface area contributed by atoms with Crippen LogP contribution < -0.4 is 0 Å². The summed E-state index contributed by atoms with van der Waals surface area (Å²) >= 11 is 0. The van der Waals surface area contributed by atoms with Crippen molar-refractivity contribution in [1.82, 2.24) is 20.2 Å². The quantitative estimate of drug-likeness (QED) is 0.681. The number of nitrogens with zero attached hydrogens (tertiary/aromatic N) is 2. The highest BCUT2D eigenvalue weighted by atomic mass is 19.4. The number of imidazole rings is 1. The number of hydrogen-bond acceptors (Lipinski definition) is 2. The van der Waals surface area contributed by atoms with Gasteiger partial charge in [-0.3, -0.25) is 5.10 Å². The lowest BCUT2D eigenvalue weighted by atomic mass is 10.1. The minimum atomic E-state index is -4.34. The smallest absolute Gasteiger partial charge is 0.342 e. The number of halogens is 3. The fraction of sp³-hybridized carbons (Fsp3) is 0.263. The molecule has 0 aliphatic rings. The fourth-order valence-electron chi connectivity index (χ4n) is 2.52. The first-order chi connectivity index (χ1) is 12.5. The Labute approximate surface area is 148 Å². The molecule has 1 aromatic carbocycles. The molecule has 0 radical (unpaired) electrons. The number of H-pyrrole nitrogens is 2. The van der Waals surface area contributed by atoms with Gasteiger partial charge in [0.15, 0.2) is 0 Å². The Morgan fingerprint density at radius 1 is 1.12 bits per heavy atom. The van der Waals surface area contributed by atoms with Gasteiger partial charge in [0.25, 0.3) is 0 Å². The van der Waals surface area contributed by atoms with Gasteiger partial charge in [-0.25, -0.2) is 4.98 Å². The zero-order valence-corrected chi connectivity index (χ0v) is 14.1. The van der Waals surface area contributed by atoms with E-state index in [9.17, 15) is 13.2 Å². The van der Waals surface area contributed by atoms with Crippen LogP contribution in [-0.4, -0.2) is 20.2 Å². The highest BCUT2D eigenvalue weighted by molar-refractivity contribution is 5.58. The van der Waals surface area contributed by atoms with E-state index in [1.165, 1.54) is 12.1 Å². The van der Waals surface area contributed by atoms with Gasteiger partial charge in [0.05, 0.1) is 29.4 Å². The molecule has 0 atom stereocenters. The molecular weight excluding hydrogens is 341 g/mol. The van der Waals surface area contributed by atoms with Crippen LogP contribution in [-0.2, 0) is 19.0 Å². The van der Waals surface area contributed by atoms with Crippen molar-refractivity contribution >= 4 is 0 Å². The fourth-order valence-corrected chi connectivity index (χ4v) is 2.52. The van der Waals surface area contributed by atoms with Gasteiger partial charge in [0.1, 0.15) is 5.82 Å². The number of aromatic amines is 2. The largest absolute Gasteiger partial charge is 0.416 e. The zero-order chi connectivity index (χ0) is 18.6. The molecule has 2 N–H and O–H groups in total. The monoisotopic (exact) mass is 358 g/mol. The number of aromatic nitrogens is 4. The number of nitrogens with one attached hydrogen (secondary N) is 2. The molecule has 3 rings (SSSR count). The van der Waals surface area contributed by atoms with Crippen molar-refractivity contribution in [3.63, 3.8) is 0 Å². The Morgan fingerprint density at radius 2 is 1.88 bits per heavy atom. The maximum Gasteiger partial charge on any atom is 0.416 e. The van der Waals surface area contributed by atoms with Gasteiger partial charge < -0.3 is 4.98 Å². The number of rotatable bonds is 4. The maximum absolute atomic E-state index is 12.6. The molecule has 2 heterocycles. The molecule has 0 unspecified atom stereocenters. The van der Waals surface area contributed by atoms with Gasteiger partial charge in [-0.2, -0.15) is 18.3 Å². The van der Waals surface area contributed by atoms with E-state index in [1.54, 1.807) is 6.20 Å². The predicted molar refractivity (Wildman–Crippen MR) is 92.2 cm³/mol. The summed E-state index contributed by atoms with van der Waals surface area (Å²) in [5.41, 5.74) is 2.56. The van der Waals surface area contributed by atoms with Crippen LogP contribution in [0.25, 0.3) is 11.4 Å². The number of benzene rings is 1. The molecule has 0 amide bonds. The summed E-state index contributed by atoms with van der Waals surface area (Å²) < 4.78 is 37.7. The molecule has 134 valence electrons. The Hall–Kier alpha value is -3.01. The van der Waals surface area contributed by atoms with Gasteiger partial charge in [0, 0.05) is 17.5 Å². The SMILES string of the molecule is CCCc1cnc(-c2cn[nH]c2CC#Cc2ccc(C(F)(F)F)cc2)[nH]1. The summed E-state index contributed by atoms with van der Waals surface area (Å²) in [6.45, 7) is 2.10. The first kappa shape index (κ1) is 17.8. The Kier molecular flexibility index (Phi) is 5.12. The molecule has 0 aliphatic heterocycles. The second-order valence-corrected chi connectivity index (χ2v) is 5.82. The molecule has 3 aromatic rings. The first-order valence-electron chi connectivity index (χ1n) is 8.20. The van der Waals surface area contributed by atoms with Gasteiger partial charge in [-0.1, -0.05) is 25.2 Å². The normalized spacial score (nSPS) is 11.2. The Morgan fingerprint density at radius 3 is 2.58 bits per heavy atom. The summed E-state index contributed by atoms with van der Waals surface area (Å²) in [7, 11) is 0. The molecule has 4 nitrogen and oxygen atoms in total. The van der Waals surface area contributed by atoms with Crippen LogP contribution in [0.3, 0.4) is 0 Å². The van der Waals surface area contributed by atoms with Crippen molar-refractivity contribution in [1.29, 1.82) is 0 Å². The topological polar surface area (TPSA) is 57.4 Å². The molecule has 0 spiro atoms. The van der Waals surface area contributed by atoms with E-state index in [-0.39, 0.29) is 0 Å². The molecular formula is C19H17F3N4. The number of hydrogen-bond donors (Lipinski definition) is 2. The summed E-state index contributed by atoms with van der Waals surface area (Å²) in [6, 6.07) is 4.80. The summed E-state index contributed by atoms with van der Waals surface area (Å²) in [4.78, 5) is 7.63. The highest BCUT2D eigenvalue weighted by Crippen LogP contribution is 2.29. The summed E-state index contributed by atoms with van der Waals surface area (Å²) in [6.07, 6.45) is 1.50. The standard InChI is InChI=1S/C19H17F3N4/c1-2-4-15-11-23-18(25-15)16-12-24-26-17(16)6-3-5-13-7-9-14(10-8-13)19(20,21)22/h7-12H,2,4,6H2,1H3,(H,23,25)(H,24,26). The van der Waals surface area contributed by atoms with Crippen molar-refractivity contribution in [3.05, 3.63) is 59.2 Å². The summed E-state index contributed by atoms with van der Waals surface area (Å²) in [5, 5.41) is 6.94. The van der Waals surface area contributed by atoms with Crippen molar-refractivity contribution < 1.29 is 13.2 Å². The second kappa shape index (κ2) is 7.48. The third-order valence-corrected chi connectivity index (χ3v) is 3.83. The highest BCUT2D eigenvalue weighted by Gasteiger charge is 2.29. The predicted octanol–water partition coefficient (Wildman–Crippen LogP) is 4.37. The van der Waals surface area contributed by atoms with E-state index >= 15 is 0 Å². The number of aryl methyl sites for hydroxylation is 1. The molecule has 0 bridgehead atoms. The zero-order valence-electron chi connectivity index (χ0n) is 14.1. The molecule has 0 saturated carbocycles. The van der Waals surface area contributed by atoms with Crippen LogP contribution in [0.2, 0.25) is 0 Å². The molecule has 0 saturated heterocycles. The van der Waals surface area contributed by atoms with Crippen molar-refractivity contribution in [3.8, 4) is 23.2 Å². The van der Waals surface area contributed by atoms with Crippen LogP contribution in [0.4, 0.5) is 13.2 Å². The third-order valence-electron chi connectivity index (χ3n) is 3.83. The van der Waals surface area contributed by atoms with Crippen LogP contribution in [0.5, 0.6) is 0 Å². The van der Waals surface area contributed by atoms with E-state index in [1.807, 2.05) is 6.20 Å².